The molecule has 0 saturated carbocycles. The summed E-state index contributed by atoms with van der Waals surface area (Å²) in [6, 6.07) is 3.34. The Bertz CT molecular complexity index is 958. The van der Waals surface area contributed by atoms with E-state index >= 15 is 0 Å². The summed E-state index contributed by atoms with van der Waals surface area (Å²) in [4.78, 5) is 12.6. The van der Waals surface area contributed by atoms with Gasteiger partial charge in [0.25, 0.3) is 0 Å². The van der Waals surface area contributed by atoms with Crippen LogP contribution in [0.1, 0.15) is 19.8 Å². The Balaban J connectivity index is 1.94. The van der Waals surface area contributed by atoms with E-state index in [1.165, 1.54) is 12.1 Å². The Morgan fingerprint density at radius 3 is 2.52 bits per heavy atom. The van der Waals surface area contributed by atoms with Crippen molar-refractivity contribution in [3.05, 3.63) is 40.7 Å². The molecule has 1 spiro atoms. The number of benzene rings is 1. The number of rotatable bonds is 7. The summed E-state index contributed by atoms with van der Waals surface area (Å²) in [7, 11) is -4.17. The van der Waals surface area contributed by atoms with E-state index in [4.69, 9.17) is 25.8 Å². The maximum Gasteiger partial charge on any atom is 0.335 e. The molecule has 12 heteroatoms. The van der Waals surface area contributed by atoms with E-state index in [0.717, 1.165) is 12.1 Å². The van der Waals surface area contributed by atoms with Crippen LogP contribution < -0.4 is 4.72 Å². The van der Waals surface area contributed by atoms with Crippen molar-refractivity contribution >= 4 is 33.3 Å². The number of esters is 1. The van der Waals surface area contributed by atoms with Gasteiger partial charge in [-0.05, 0) is 37.6 Å². The molecule has 3 unspecified atom stereocenters. The minimum Gasteiger partial charge on any atom is -0.463 e. The lowest BCUT2D eigenvalue weighted by atomic mass is 9.94. The average molecular weight is 480 g/mol. The second kappa shape index (κ2) is 9.39. The summed E-state index contributed by atoms with van der Waals surface area (Å²) in [5, 5.41) is 17.3. The van der Waals surface area contributed by atoms with Crippen LogP contribution >= 0.6 is 11.6 Å². The molecular weight excluding hydrogens is 457 g/mol. The molecule has 1 aliphatic heterocycles. The number of hydrogen-bond acceptors (Lipinski definition) is 8. The fraction of sp³-hybridized carbons (Fsp3) is 0.526. The number of hydrogen-bond donors (Lipinski definition) is 3. The third-order valence-corrected chi connectivity index (χ3v) is 7.07. The maximum atomic E-state index is 13.4. The zero-order valence-electron chi connectivity index (χ0n) is 16.6. The van der Waals surface area contributed by atoms with Crippen LogP contribution in [0, 0.1) is 5.82 Å². The van der Waals surface area contributed by atoms with Gasteiger partial charge < -0.3 is 24.4 Å². The lowest BCUT2D eigenvalue weighted by molar-refractivity contribution is -0.154. The number of halogens is 2. The predicted molar refractivity (Wildman–Crippen MR) is 108 cm³/mol. The van der Waals surface area contributed by atoms with Gasteiger partial charge in [0.1, 0.15) is 23.3 Å². The average Bonchev–Trinajstić information content (AvgIpc) is 3.07. The maximum absolute atomic E-state index is 13.4. The van der Waals surface area contributed by atoms with Gasteiger partial charge in [0.05, 0.1) is 36.1 Å². The van der Waals surface area contributed by atoms with Crippen molar-refractivity contribution in [1.82, 2.24) is 0 Å². The SMILES string of the molecule is CCOC(=O)C1=CC2(CCC1S(=O)(=O)Nc1ccc(F)c(Cl)c1)OC(CO)[C@@H](CO)O2. The Labute approximate surface area is 183 Å². The number of aliphatic hydroxyl groups excluding tert-OH is 2. The predicted octanol–water partition coefficient (Wildman–Crippen LogP) is 1.34. The molecule has 3 N–H and O–H groups in total. The molecule has 0 amide bonds. The molecular formula is C19H23ClFNO8S. The molecule has 1 saturated heterocycles. The summed E-state index contributed by atoms with van der Waals surface area (Å²) < 4.78 is 58.3. The first-order valence-electron chi connectivity index (χ1n) is 9.58. The van der Waals surface area contributed by atoms with E-state index in [1.54, 1.807) is 6.92 Å². The van der Waals surface area contributed by atoms with Crippen molar-refractivity contribution in [2.75, 3.05) is 24.5 Å². The van der Waals surface area contributed by atoms with Crippen LogP contribution in [0.15, 0.2) is 29.8 Å². The minimum absolute atomic E-state index is 0.0111. The van der Waals surface area contributed by atoms with Crippen molar-refractivity contribution in [3.63, 3.8) is 0 Å². The molecule has 1 fully saturated rings. The summed E-state index contributed by atoms with van der Waals surface area (Å²) >= 11 is 5.72. The van der Waals surface area contributed by atoms with Crippen molar-refractivity contribution in [2.24, 2.45) is 0 Å². The van der Waals surface area contributed by atoms with Gasteiger partial charge in [0.2, 0.25) is 10.0 Å². The van der Waals surface area contributed by atoms with Crippen LogP contribution in [0.5, 0.6) is 0 Å². The number of sulfonamides is 1. The van der Waals surface area contributed by atoms with Gasteiger partial charge in [-0.15, -0.1) is 0 Å². The molecule has 9 nitrogen and oxygen atoms in total. The fourth-order valence-electron chi connectivity index (χ4n) is 3.60. The molecule has 1 aromatic rings. The lowest BCUT2D eigenvalue weighted by Gasteiger charge is -2.33. The van der Waals surface area contributed by atoms with E-state index in [9.17, 15) is 27.8 Å². The van der Waals surface area contributed by atoms with Gasteiger partial charge >= 0.3 is 5.97 Å². The van der Waals surface area contributed by atoms with Gasteiger partial charge in [0, 0.05) is 6.42 Å². The Kier molecular flexibility index (Phi) is 7.24. The smallest absolute Gasteiger partial charge is 0.335 e. The number of ether oxygens (including phenoxy) is 3. The molecule has 2 aliphatic rings. The number of carbonyl (C=O) groups is 1. The first-order valence-corrected chi connectivity index (χ1v) is 11.5. The molecule has 1 aromatic carbocycles. The van der Waals surface area contributed by atoms with Gasteiger partial charge in [-0.3, -0.25) is 4.72 Å². The molecule has 1 aliphatic carbocycles. The number of anilines is 1. The topological polar surface area (TPSA) is 131 Å². The molecule has 0 radical (unpaired) electrons. The quantitative estimate of drug-likeness (QED) is 0.499. The number of carbonyl (C=O) groups excluding carboxylic acids is 1. The van der Waals surface area contributed by atoms with Crippen molar-refractivity contribution in [3.8, 4) is 0 Å². The monoisotopic (exact) mass is 479 g/mol. The van der Waals surface area contributed by atoms with E-state index < -0.39 is 58.3 Å². The Hall–Kier alpha value is -1.76. The van der Waals surface area contributed by atoms with Gasteiger partial charge in [-0.2, -0.15) is 0 Å². The minimum atomic E-state index is -4.17. The normalized spacial score (nSPS) is 28.4. The van der Waals surface area contributed by atoms with Crippen LogP contribution in [-0.2, 0) is 29.0 Å². The van der Waals surface area contributed by atoms with Crippen molar-refractivity contribution in [2.45, 2.75) is 43.0 Å². The molecule has 31 heavy (non-hydrogen) atoms. The van der Waals surface area contributed by atoms with E-state index in [-0.39, 0.29) is 35.7 Å². The Morgan fingerprint density at radius 1 is 1.32 bits per heavy atom. The fourth-order valence-corrected chi connectivity index (χ4v) is 5.30. The standard InChI is InChI=1S/C19H23ClFNO8S/c1-2-28-18(25)12-8-19(29-15(9-23)16(10-24)30-19)6-5-17(12)31(26,27)22-11-3-4-14(21)13(20)7-11/h3-4,7-8,15-17,22-24H,2,5-6,9-10H2,1H3/t15-,16?,17?,19?/m1/s1. The number of nitrogens with one attached hydrogen (secondary N) is 1. The molecule has 1 heterocycles. The number of aliphatic hydroxyl groups is 2. The molecule has 4 atom stereocenters. The molecule has 3 rings (SSSR count). The third-order valence-electron chi connectivity index (χ3n) is 5.02. The van der Waals surface area contributed by atoms with Crippen LogP contribution in [0.25, 0.3) is 0 Å². The Morgan fingerprint density at radius 2 is 1.97 bits per heavy atom. The highest BCUT2D eigenvalue weighted by atomic mass is 35.5. The zero-order valence-corrected chi connectivity index (χ0v) is 18.2. The summed E-state index contributed by atoms with van der Waals surface area (Å²) in [5.41, 5.74) is -0.173. The van der Waals surface area contributed by atoms with Gasteiger partial charge in [-0.25, -0.2) is 17.6 Å². The highest BCUT2D eigenvalue weighted by Gasteiger charge is 2.51. The van der Waals surface area contributed by atoms with E-state index in [0.29, 0.717) is 0 Å². The van der Waals surface area contributed by atoms with Gasteiger partial charge in [0.15, 0.2) is 5.79 Å². The molecule has 0 aromatic heterocycles. The molecule has 0 bridgehead atoms. The highest BCUT2D eigenvalue weighted by molar-refractivity contribution is 7.93. The first kappa shape index (κ1) is 23.9. The lowest BCUT2D eigenvalue weighted by Crippen LogP contribution is -2.42. The van der Waals surface area contributed by atoms with Crippen LogP contribution in [0.3, 0.4) is 0 Å². The third kappa shape index (κ3) is 5.02. The van der Waals surface area contributed by atoms with E-state index in [1.807, 2.05) is 0 Å². The second-order valence-electron chi connectivity index (χ2n) is 7.11. The molecule has 172 valence electrons. The highest BCUT2D eigenvalue weighted by Crippen LogP contribution is 2.41. The van der Waals surface area contributed by atoms with Crippen LogP contribution in [-0.4, -0.2) is 67.7 Å². The van der Waals surface area contributed by atoms with Crippen LogP contribution in [0.4, 0.5) is 10.1 Å². The summed E-state index contributed by atoms with van der Waals surface area (Å²) in [6.07, 6.45) is -0.479. The van der Waals surface area contributed by atoms with Gasteiger partial charge in [-0.1, -0.05) is 11.6 Å². The second-order valence-corrected chi connectivity index (χ2v) is 9.38. The van der Waals surface area contributed by atoms with Crippen molar-refractivity contribution < 1.29 is 42.0 Å². The van der Waals surface area contributed by atoms with Crippen molar-refractivity contribution in [1.29, 1.82) is 0 Å². The summed E-state index contributed by atoms with van der Waals surface area (Å²) in [5.74, 6) is -3.05. The van der Waals surface area contributed by atoms with Crippen LogP contribution in [0.2, 0.25) is 5.02 Å². The summed E-state index contributed by atoms with van der Waals surface area (Å²) in [6.45, 7) is 0.733. The largest absolute Gasteiger partial charge is 0.463 e. The first-order chi connectivity index (χ1) is 14.6. The van der Waals surface area contributed by atoms with E-state index in [2.05, 4.69) is 4.72 Å². The zero-order chi connectivity index (χ0) is 22.8.